The third-order valence-electron chi connectivity index (χ3n) is 6.27. The lowest BCUT2D eigenvalue weighted by atomic mass is 9.78. The molecule has 2 aliphatic rings. The largest absolute Gasteiger partial charge is 0.364 e. The fourth-order valence-electron chi connectivity index (χ4n) is 5.16. The number of imide groups is 1. The minimum atomic E-state index is -0.253. The summed E-state index contributed by atoms with van der Waals surface area (Å²) in [7, 11) is 0. The summed E-state index contributed by atoms with van der Waals surface area (Å²) in [6.07, 6.45) is 2.96. The fraction of sp³-hybridized carbons (Fsp3) is 0.385. The van der Waals surface area contributed by atoms with Gasteiger partial charge in [-0.1, -0.05) is 25.1 Å². The lowest BCUT2D eigenvalue weighted by molar-refractivity contribution is -0.113. The van der Waals surface area contributed by atoms with Gasteiger partial charge in [0.2, 0.25) is 0 Å². The van der Waals surface area contributed by atoms with Crippen molar-refractivity contribution in [2.24, 2.45) is 0 Å². The second-order valence-corrected chi connectivity index (χ2v) is 10.5. The molecule has 4 nitrogen and oxygen atoms in total. The minimum absolute atomic E-state index is 0.0902. The zero-order valence-electron chi connectivity index (χ0n) is 19.1. The van der Waals surface area contributed by atoms with Crippen molar-refractivity contribution in [3.05, 3.63) is 64.1 Å². The van der Waals surface area contributed by atoms with E-state index in [1.54, 1.807) is 12.1 Å². The number of carbonyl (C=O) groups is 2. The molecule has 5 heteroatoms. The molecule has 4 rings (SSSR count). The molecule has 2 aliphatic heterocycles. The Bertz CT molecular complexity index is 1070. The van der Waals surface area contributed by atoms with Crippen LogP contribution in [0.1, 0.15) is 63.6 Å². The van der Waals surface area contributed by atoms with Crippen molar-refractivity contribution >= 4 is 40.4 Å². The summed E-state index contributed by atoms with van der Waals surface area (Å²) in [5, 5.41) is -0.251. The third-order valence-corrected chi connectivity index (χ3v) is 7.14. The molecule has 0 bridgehead atoms. The first-order valence-electron chi connectivity index (χ1n) is 10.9. The van der Waals surface area contributed by atoms with Gasteiger partial charge in [0.25, 0.3) is 11.1 Å². The van der Waals surface area contributed by atoms with E-state index < -0.39 is 0 Å². The Balaban J connectivity index is 1.74. The van der Waals surface area contributed by atoms with Crippen molar-refractivity contribution in [3.63, 3.8) is 0 Å². The number of thioether (sulfide) groups is 1. The highest BCUT2D eigenvalue weighted by Crippen LogP contribution is 2.46. The van der Waals surface area contributed by atoms with E-state index in [1.165, 1.54) is 16.2 Å². The molecule has 0 N–H and O–H groups in total. The number of para-hydroxylation sites is 1. The molecule has 1 unspecified atom stereocenters. The first kappa shape index (κ1) is 21.7. The van der Waals surface area contributed by atoms with E-state index in [2.05, 4.69) is 58.6 Å². The van der Waals surface area contributed by atoms with Gasteiger partial charge in [0.15, 0.2) is 0 Å². The van der Waals surface area contributed by atoms with Crippen LogP contribution in [0.4, 0.5) is 16.2 Å². The van der Waals surface area contributed by atoms with Crippen LogP contribution in [0.25, 0.3) is 6.08 Å². The van der Waals surface area contributed by atoms with Crippen molar-refractivity contribution in [1.82, 2.24) is 0 Å². The normalized spacial score (nSPS) is 21.9. The zero-order valence-corrected chi connectivity index (χ0v) is 19.9. The van der Waals surface area contributed by atoms with Gasteiger partial charge in [-0.2, -0.15) is 0 Å². The van der Waals surface area contributed by atoms with Gasteiger partial charge in [-0.3, -0.25) is 9.59 Å². The van der Waals surface area contributed by atoms with Crippen molar-refractivity contribution in [1.29, 1.82) is 0 Å². The molecular weight excluding hydrogens is 404 g/mol. The third kappa shape index (κ3) is 3.80. The van der Waals surface area contributed by atoms with E-state index in [4.69, 9.17) is 0 Å². The van der Waals surface area contributed by atoms with E-state index in [-0.39, 0.29) is 16.7 Å². The number of amides is 2. The SMILES string of the molecule is Cc1cc2c(cc1/C=C1\SC(=O)N(c3ccccc3)C1=O)C(C)CC(C)(C)N2C(C)C. The average Bonchev–Trinajstić information content (AvgIpc) is 2.96. The molecule has 2 heterocycles. The summed E-state index contributed by atoms with van der Waals surface area (Å²) in [4.78, 5) is 29.8. The van der Waals surface area contributed by atoms with Crippen LogP contribution >= 0.6 is 11.8 Å². The van der Waals surface area contributed by atoms with E-state index >= 15 is 0 Å². The molecule has 31 heavy (non-hydrogen) atoms. The van der Waals surface area contributed by atoms with Crippen LogP contribution in [0.2, 0.25) is 0 Å². The first-order valence-corrected chi connectivity index (χ1v) is 11.7. The maximum absolute atomic E-state index is 13.0. The molecule has 0 radical (unpaired) electrons. The van der Waals surface area contributed by atoms with E-state index in [9.17, 15) is 9.59 Å². The van der Waals surface area contributed by atoms with Crippen molar-refractivity contribution < 1.29 is 9.59 Å². The van der Waals surface area contributed by atoms with Crippen molar-refractivity contribution in [2.45, 2.75) is 65.5 Å². The number of rotatable bonds is 3. The average molecular weight is 435 g/mol. The molecule has 1 atom stereocenters. The Kier molecular flexibility index (Phi) is 5.50. The zero-order chi connectivity index (χ0) is 22.5. The highest BCUT2D eigenvalue weighted by atomic mass is 32.2. The molecule has 2 aromatic carbocycles. The Hall–Kier alpha value is -2.53. The van der Waals surface area contributed by atoms with Gasteiger partial charge in [0, 0.05) is 17.3 Å². The number of hydrogen-bond donors (Lipinski definition) is 0. The highest BCUT2D eigenvalue weighted by Gasteiger charge is 2.39. The Morgan fingerprint density at radius 2 is 1.81 bits per heavy atom. The number of benzene rings is 2. The van der Waals surface area contributed by atoms with Crippen LogP contribution in [-0.4, -0.2) is 22.7 Å². The molecule has 1 saturated heterocycles. The van der Waals surface area contributed by atoms with E-state index in [0.29, 0.717) is 22.6 Å². The number of hydrogen-bond acceptors (Lipinski definition) is 4. The summed E-state index contributed by atoms with van der Waals surface area (Å²) >= 11 is 1.01. The molecular formula is C26H30N2O2S. The maximum Gasteiger partial charge on any atom is 0.298 e. The predicted octanol–water partition coefficient (Wildman–Crippen LogP) is 6.74. The van der Waals surface area contributed by atoms with Crippen LogP contribution in [-0.2, 0) is 4.79 Å². The quantitative estimate of drug-likeness (QED) is 0.502. The van der Waals surface area contributed by atoms with Gasteiger partial charge >= 0.3 is 0 Å². The second-order valence-electron chi connectivity index (χ2n) is 9.50. The standard InChI is InChI=1S/C26H30N2O2S/c1-16(2)28-22-12-17(3)19(13-21(22)18(4)15-26(28,5)6)14-23-24(29)27(25(30)31-23)20-10-8-7-9-11-20/h7-14,16,18H,15H2,1-6H3/b23-14-. The summed E-state index contributed by atoms with van der Waals surface area (Å²) in [6, 6.07) is 14.0. The summed E-state index contributed by atoms with van der Waals surface area (Å²) in [5.74, 6) is 0.170. The Morgan fingerprint density at radius 1 is 1.13 bits per heavy atom. The van der Waals surface area contributed by atoms with E-state index in [0.717, 1.165) is 29.3 Å². The molecule has 0 aromatic heterocycles. The highest BCUT2D eigenvalue weighted by molar-refractivity contribution is 8.19. The summed E-state index contributed by atoms with van der Waals surface area (Å²) in [6.45, 7) is 13.5. The van der Waals surface area contributed by atoms with Crippen LogP contribution in [0, 0.1) is 6.92 Å². The molecule has 162 valence electrons. The van der Waals surface area contributed by atoms with Crippen LogP contribution in [0.3, 0.4) is 0 Å². The van der Waals surface area contributed by atoms with Crippen LogP contribution in [0.15, 0.2) is 47.4 Å². The van der Waals surface area contributed by atoms with Gasteiger partial charge in [0.05, 0.1) is 10.6 Å². The molecule has 1 fully saturated rings. The monoisotopic (exact) mass is 434 g/mol. The van der Waals surface area contributed by atoms with E-state index in [1.807, 2.05) is 24.3 Å². The molecule has 2 amide bonds. The molecule has 0 aliphatic carbocycles. The summed E-state index contributed by atoms with van der Waals surface area (Å²) < 4.78 is 0. The first-order chi connectivity index (χ1) is 14.6. The van der Waals surface area contributed by atoms with Gasteiger partial charge in [0.1, 0.15) is 0 Å². The number of nitrogens with zero attached hydrogens (tertiary/aromatic N) is 2. The summed E-state index contributed by atoms with van der Waals surface area (Å²) in [5.41, 5.74) is 5.41. The Labute approximate surface area is 189 Å². The van der Waals surface area contributed by atoms with Crippen molar-refractivity contribution in [2.75, 3.05) is 9.80 Å². The number of anilines is 2. The molecule has 2 aromatic rings. The molecule has 0 spiro atoms. The van der Waals surface area contributed by atoms with Gasteiger partial charge in [-0.15, -0.1) is 0 Å². The van der Waals surface area contributed by atoms with Gasteiger partial charge in [-0.05, 0) is 106 Å². The topological polar surface area (TPSA) is 40.6 Å². The van der Waals surface area contributed by atoms with Crippen LogP contribution in [0.5, 0.6) is 0 Å². The number of aryl methyl sites for hydroxylation is 1. The van der Waals surface area contributed by atoms with Crippen LogP contribution < -0.4 is 9.80 Å². The lowest BCUT2D eigenvalue weighted by Crippen LogP contribution is -2.51. The smallest absolute Gasteiger partial charge is 0.298 e. The van der Waals surface area contributed by atoms with Crippen molar-refractivity contribution in [3.8, 4) is 0 Å². The number of fused-ring (bicyclic) bond motifs is 1. The fourth-order valence-corrected chi connectivity index (χ4v) is 5.99. The predicted molar refractivity (Wildman–Crippen MR) is 131 cm³/mol. The lowest BCUT2D eigenvalue weighted by Gasteiger charge is -2.50. The van der Waals surface area contributed by atoms with Gasteiger partial charge < -0.3 is 4.90 Å². The Morgan fingerprint density at radius 3 is 2.45 bits per heavy atom. The maximum atomic E-state index is 13.0. The van der Waals surface area contributed by atoms with Gasteiger partial charge in [-0.25, -0.2) is 4.90 Å². The second kappa shape index (κ2) is 7.86. The minimum Gasteiger partial charge on any atom is -0.364 e. The molecule has 0 saturated carbocycles. The number of carbonyl (C=O) groups excluding carboxylic acids is 2.